The van der Waals surface area contributed by atoms with Gasteiger partial charge in [0.15, 0.2) is 0 Å². The number of allylic oxidation sites excluding steroid dienone is 1. The van der Waals surface area contributed by atoms with Crippen LogP contribution in [0.25, 0.3) is 6.08 Å². The Kier molecular flexibility index (Phi) is 4.95. The van der Waals surface area contributed by atoms with Crippen LogP contribution in [-0.2, 0) is 0 Å². The van der Waals surface area contributed by atoms with E-state index in [-0.39, 0.29) is 5.54 Å². The highest BCUT2D eigenvalue weighted by Crippen LogP contribution is 2.16. The molecule has 0 saturated carbocycles. The highest BCUT2D eigenvalue weighted by Gasteiger charge is 2.07. The SMILES string of the molecule is CC(C)c1ccc(/C=C/CCC(C)(C)N)cc1. The molecule has 0 aliphatic rings. The van der Waals surface area contributed by atoms with Gasteiger partial charge in [-0.05, 0) is 43.7 Å². The van der Waals surface area contributed by atoms with Gasteiger partial charge in [-0.2, -0.15) is 0 Å². The van der Waals surface area contributed by atoms with Crippen LogP contribution in [0.1, 0.15) is 57.6 Å². The maximum Gasteiger partial charge on any atom is 0.01000 e. The molecule has 0 bridgehead atoms. The van der Waals surface area contributed by atoms with Crippen LogP contribution in [0, 0.1) is 0 Å². The van der Waals surface area contributed by atoms with E-state index >= 15 is 0 Å². The lowest BCUT2D eigenvalue weighted by atomic mass is 9.99. The Balaban J connectivity index is 2.49. The van der Waals surface area contributed by atoms with Crippen molar-refractivity contribution in [3.63, 3.8) is 0 Å². The van der Waals surface area contributed by atoms with Gasteiger partial charge in [0, 0.05) is 5.54 Å². The normalized spacial score (nSPS) is 12.6. The molecule has 0 radical (unpaired) electrons. The van der Waals surface area contributed by atoms with Gasteiger partial charge in [0.1, 0.15) is 0 Å². The number of hydrogen-bond donors (Lipinski definition) is 1. The molecular weight excluding hydrogens is 206 g/mol. The van der Waals surface area contributed by atoms with Crippen LogP contribution in [0.5, 0.6) is 0 Å². The number of hydrogen-bond acceptors (Lipinski definition) is 1. The molecule has 1 rings (SSSR count). The summed E-state index contributed by atoms with van der Waals surface area (Å²) < 4.78 is 0. The number of rotatable bonds is 5. The van der Waals surface area contributed by atoms with Crippen molar-refractivity contribution in [3.05, 3.63) is 41.5 Å². The first-order valence-electron chi connectivity index (χ1n) is 6.44. The van der Waals surface area contributed by atoms with Crippen molar-refractivity contribution in [1.82, 2.24) is 0 Å². The Morgan fingerprint density at radius 1 is 1.18 bits per heavy atom. The maximum atomic E-state index is 5.93. The Bertz CT molecular complexity index is 352. The van der Waals surface area contributed by atoms with Crippen molar-refractivity contribution in [2.45, 2.75) is 52.0 Å². The summed E-state index contributed by atoms with van der Waals surface area (Å²) in [4.78, 5) is 0. The molecule has 0 heterocycles. The van der Waals surface area contributed by atoms with Crippen molar-refractivity contribution in [3.8, 4) is 0 Å². The lowest BCUT2D eigenvalue weighted by Gasteiger charge is -2.16. The van der Waals surface area contributed by atoms with Crippen LogP contribution < -0.4 is 5.73 Å². The minimum atomic E-state index is -0.0637. The third kappa shape index (κ3) is 5.69. The van der Waals surface area contributed by atoms with Crippen molar-refractivity contribution in [1.29, 1.82) is 0 Å². The molecule has 0 aromatic heterocycles. The molecular formula is C16H25N. The van der Waals surface area contributed by atoms with Gasteiger partial charge in [0.2, 0.25) is 0 Å². The molecule has 94 valence electrons. The largest absolute Gasteiger partial charge is 0.326 e. The van der Waals surface area contributed by atoms with Gasteiger partial charge in [-0.15, -0.1) is 0 Å². The van der Waals surface area contributed by atoms with E-state index in [4.69, 9.17) is 5.73 Å². The summed E-state index contributed by atoms with van der Waals surface area (Å²) in [5, 5.41) is 0. The fourth-order valence-electron chi connectivity index (χ4n) is 1.67. The van der Waals surface area contributed by atoms with Crippen molar-refractivity contribution >= 4 is 6.08 Å². The topological polar surface area (TPSA) is 26.0 Å². The van der Waals surface area contributed by atoms with Crippen LogP contribution in [0.3, 0.4) is 0 Å². The lowest BCUT2D eigenvalue weighted by Crippen LogP contribution is -2.31. The van der Waals surface area contributed by atoms with Crippen molar-refractivity contribution in [2.24, 2.45) is 5.73 Å². The van der Waals surface area contributed by atoms with E-state index in [9.17, 15) is 0 Å². The molecule has 0 amide bonds. The van der Waals surface area contributed by atoms with Crippen molar-refractivity contribution < 1.29 is 0 Å². The summed E-state index contributed by atoms with van der Waals surface area (Å²) >= 11 is 0. The van der Waals surface area contributed by atoms with Gasteiger partial charge in [0.25, 0.3) is 0 Å². The van der Waals surface area contributed by atoms with E-state index in [2.05, 4.69) is 64.1 Å². The molecule has 0 spiro atoms. The zero-order chi connectivity index (χ0) is 12.9. The average molecular weight is 231 g/mol. The molecule has 0 atom stereocenters. The summed E-state index contributed by atoms with van der Waals surface area (Å²) in [7, 11) is 0. The fraction of sp³-hybridized carbons (Fsp3) is 0.500. The third-order valence-electron chi connectivity index (χ3n) is 2.87. The van der Waals surface area contributed by atoms with E-state index in [1.165, 1.54) is 11.1 Å². The standard InChI is InChI=1S/C16H25N/c1-13(2)15-10-8-14(9-11-15)7-5-6-12-16(3,4)17/h5,7-11,13H,6,12,17H2,1-4H3/b7-5+. The third-order valence-corrected chi connectivity index (χ3v) is 2.87. The average Bonchev–Trinajstić information content (AvgIpc) is 2.24. The number of benzene rings is 1. The Morgan fingerprint density at radius 3 is 2.24 bits per heavy atom. The summed E-state index contributed by atoms with van der Waals surface area (Å²) in [5.74, 6) is 0.603. The van der Waals surface area contributed by atoms with E-state index in [0.29, 0.717) is 5.92 Å². The quantitative estimate of drug-likeness (QED) is 0.801. The second-order valence-electron chi connectivity index (χ2n) is 5.75. The van der Waals surface area contributed by atoms with Gasteiger partial charge in [-0.3, -0.25) is 0 Å². The molecule has 1 aromatic carbocycles. The van der Waals surface area contributed by atoms with Crippen LogP contribution in [0.15, 0.2) is 30.3 Å². The molecule has 1 nitrogen and oxygen atoms in total. The molecule has 0 unspecified atom stereocenters. The monoisotopic (exact) mass is 231 g/mol. The molecule has 1 aromatic rings. The van der Waals surface area contributed by atoms with E-state index in [1.54, 1.807) is 0 Å². The highest BCUT2D eigenvalue weighted by atomic mass is 14.7. The molecule has 17 heavy (non-hydrogen) atoms. The summed E-state index contributed by atoms with van der Waals surface area (Å²) in [6, 6.07) is 8.77. The first-order valence-corrected chi connectivity index (χ1v) is 6.44. The smallest absolute Gasteiger partial charge is 0.01000 e. The van der Waals surface area contributed by atoms with Gasteiger partial charge in [-0.1, -0.05) is 50.3 Å². The highest BCUT2D eigenvalue weighted by molar-refractivity contribution is 5.49. The first-order chi connectivity index (χ1) is 7.88. The van der Waals surface area contributed by atoms with Crippen molar-refractivity contribution in [2.75, 3.05) is 0 Å². The van der Waals surface area contributed by atoms with Crippen LogP contribution in [-0.4, -0.2) is 5.54 Å². The molecule has 0 aliphatic carbocycles. The van der Waals surface area contributed by atoms with Crippen LogP contribution in [0.4, 0.5) is 0 Å². The predicted octanol–water partition coefficient (Wildman–Crippen LogP) is 4.34. The van der Waals surface area contributed by atoms with E-state index in [1.807, 2.05) is 0 Å². The zero-order valence-corrected chi connectivity index (χ0v) is 11.5. The zero-order valence-electron chi connectivity index (χ0n) is 11.5. The van der Waals surface area contributed by atoms with Crippen LogP contribution >= 0.6 is 0 Å². The lowest BCUT2D eigenvalue weighted by molar-refractivity contribution is 0.482. The van der Waals surface area contributed by atoms with Gasteiger partial charge >= 0.3 is 0 Å². The molecule has 2 N–H and O–H groups in total. The minimum absolute atomic E-state index is 0.0637. The van der Waals surface area contributed by atoms with Gasteiger partial charge in [-0.25, -0.2) is 0 Å². The van der Waals surface area contributed by atoms with Crippen LogP contribution in [0.2, 0.25) is 0 Å². The maximum absolute atomic E-state index is 5.93. The Labute approximate surface area is 106 Å². The summed E-state index contributed by atoms with van der Waals surface area (Å²) in [5.41, 5.74) is 8.53. The van der Waals surface area contributed by atoms with E-state index in [0.717, 1.165) is 12.8 Å². The second kappa shape index (κ2) is 6.02. The Morgan fingerprint density at radius 2 is 1.76 bits per heavy atom. The first kappa shape index (κ1) is 14.0. The molecule has 0 fully saturated rings. The fourth-order valence-corrected chi connectivity index (χ4v) is 1.67. The second-order valence-corrected chi connectivity index (χ2v) is 5.75. The van der Waals surface area contributed by atoms with Gasteiger partial charge < -0.3 is 5.73 Å². The molecule has 0 aliphatic heterocycles. The minimum Gasteiger partial charge on any atom is -0.326 e. The Hall–Kier alpha value is -1.08. The summed E-state index contributed by atoms with van der Waals surface area (Å²) in [6.07, 6.45) is 6.44. The van der Waals surface area contributed by atoms with Gasteiger partial charge in [0.05, 0.1) is 0 Å². The summed E-state index contributed by atoms with van der Waals surface area (Å²) in [6.45, 7) is 8.57. The molecule has 1 heteroatoms. The van der Waals surface area contributed by atoms with E-state index < -0.39 is 0 Å². The molecule has 0 saturated heterocycles. The predicted molar refractivity (Wildman–Crippen MR) is 77.1 cm³/mol. The number of nitrogens with two attached hydrogens (primary N) is 1.